The number of benzene rings is 1. The summed E-state index contributed by atoms with van der Waals surface area (Å²) in [4.78, 5) is 18.3. The third kappa shape index (κ3) is 2.77. The monoisotopic (exact) mass is 544 g/mol. The van der Waals surface area contributed by atoms with E-state index in [1.165, 1.54) is 0 Å². The van der Waals surface area contributed by atoms with E-state index in [9.17, 15) is 15.0 Å². The number of hydrogen-bond donors (Lipinski definition) is 2. The van der Waals surface area contributed by atoms with Crippen LogP contribution < -0.4 is 4.74 Å². The number of ether oxygens (including phenoxy) is 1. The van der Waals surface area contributed by atoms with Crippen molar-refractivity contribution in [2.24, 2.45) is 5.92 Å². The van der Waals surface area contributed by atoms with E-state index in [0.29, 0.717) is 12.2 Å². The Hall–Kier alpha value is -1.87. The molecule has 2 bridgehead atoms. The molecule has 2 fully saturated rings. The zero-order valence-electron chi connectivity index (χ0n) is 19.5. The Labute approximate surface area is 212 Å². The number of amides is 1. The van der Waals surface area contributed by atoms with E-state index >= 15 is 0 Å². The van der Waals surface area contributed by atoms with Crippen LogP contribution in [0.15, 0.2) is 34.1 Å². The van der Waals surface area contributed by atoms with Crippen LogP contribution in [0, 0.1) is 5.92 Å². The number of likely N-dealkylation sites (tertiary alicyclic amines) is 1. The fourth-order valence-electron chi connectivity index (χ4n) is 7.37. The summed E-state index contributed by atoms with van der Waals surface area (Å²) in [5.74, 6) is 0.487. The second-order valence-corrected chi connectivity index (χ2v) is 12.2. The molecule has 8 heteroatoms. The number of carbonyl (C=O) groups is 1. The lowest BCUT2D eigenvalue weighted by Crippen LogP contribution is -2.80. The van der Waals surface area contributed by atoms with Gasteiger partial charge in [-0.3, -0.25) is 4.79 Å². The minimum absolute atomic E-state index is 0.0236. The van der Waals surface area contributed by atoms with Crippen molar-refractivity contribution in [3.05, 3.63) is 50.1 Å². The number of rotatable bonds is 3. The van der Waals surface area contributed by atoms with Gasteiger partial charge in [0.2, 0.25) is 5.91 Å². The van der Waals surface area contributed by atoms with Gasteiger partial charge >= 0.3 is 0 Å². The van der Waals surface area contributed by atoms with Crippen LogP contribution in [-0.4, -0.2) is 70.3 Å². The van der Waals surface area contributed by atoms with Crippen molar-refractivity contribution in [3.8, 4) is 11.5 Å². The average Bonchev–Trinajstić information content (AvgIpc) is 3.38. The van der Waals surface area contributed by atoms with Crippen molar-refractivity contribution in [3.63, 3.8) is 0 Å². The second-order valence-electron chi connectivity index (χ2n) is 10.4. The van der Waals surface area contributed by atoms with E-state index in [4.69, 9.17) is 4.74 Å². The van der Waals surface area contributed by atoms with E-state index in [1.807, 2.05) is 30.6 Å². The summed E-state index contributed by atoms with van der Waals surface area (Å²) >= 11 is 5.03. The molecule has 1 spiro atoms. The zero-order valence-corrected chi connectivity index (χ0v) is 21.9. The summed E-state index contributed by atoms with van der Waals surface area (Å²) < 4.78 is 7.56. The smallest absolute Gasteiger partial charge is 0.246 e. The Bertz CT molecular complexity index is 1210. The molecule has 1 aromatic carbocycles. The molecule has 34 heavy (non-hydrogen) atoms. The summed E-state index contributed by atoms with van der Waals surface area (Å²) in [6.45, 7) is 2.95. The van der Waals surface area contributed by atoms with Gasteiger partial charge in [0.25, 0.3) is 0 Å². The number of halogens is 1. The van der Waals surface area contributed by atoms with Gasteiger partial charge in [-0.25, -0.2) is 0 Å². The van der Waals surface area contributed by atoms with Crippen LogP contribution in [0.1, 0.15) is 35.8 Å². The van der Waals surface area contributed by atoms with Gasteiger partial charge in [0.05, 0.1) is 17.1 Å². The van der Waals surface area contributed by atoms with Gasteiger partial charge in [-0.1, -0.05) is 13.0 Å². The van der Waals surface area contributed by atoms with Gasteiger partial charge in [-0.2, -0.15) is 0 Å². The van der Waals surface area contributed by atoms with Crippen LogP contribution in [0.5, 0.6) is 11.5 Å². The van der Waals surface area contributed by atoms with Crippen molar-refractivity contribution in [1.29, 1.82) is 0 Å². The number of aliphatic hydroxyl groups is 1. The molecule has 2 aromatic rings. The number of thiophene rings is 1. The van der Waals surface area contributed by atoms with Crippen LogP contribution in [0.3, 0.4) is 0 Å². The lowest BCUT2D eigenvalue weighted by molar-refractivity contribution is -0.220. The topological polar surface area (TPSA) is 73.2 Å². The van der Waals surface area contributed by atoms with Crippen LogP contribution in [0.25, 0.3) is 6.08 Å². The van der Waals surface area contributed by atoms with Crippen molar-refractivity contribution in [2.45, 2.75) is 55.4 Å². The first-order valence-corrected chi connectivity index (χ1v) is 13.5. The molecule has 3 heterocycles. The summed E-state index contributed by atoms with van der Waals surface area (Å²) in [6, 6.07) is 5.43. The molecular formula is C26H29BrN2O4S. The molecule has 3 unspecified atom stereocenters. The Morgan fingerprint density at radius 1 is 1.41 bits per heavy atom. The summed E-state index contributed by atoms with van der Waals surface area (Å²) in [6.07, 6.45) is 5.15. The Morgan fingerprint density at radius 2 is 2.21 bits per heavy atom. The maximum atomic E-state index is 13.3. The number of piperidine rings is 1. The third-order valence-electron chi connectivity index (χ3n) is 8.95. The SMILES string of the molecule is CC1CC(N(C)C(=O)/C=C/c2cc(Br)cs2)C2Oc3c(O)ccc4c3[C@@]23CCN(C)[C@H](C4)[C@]13O. The first-order valence-electron chi connectivity index (χ1n) is 11.8. The molecule has 1 saturated carbocycles. The first kappa shape index (κ1) is 22.6. The molecule has 6 rings (SSSR count). The summed E-state index contributed by atoms with van der Waals surface area (Å²) in [7, 11) is 3.92. The van der Waals surface area contributed by atoms with E-state index < -0.39 is 17.1 Å². The van der Waals surface area contributed by atoms with Gasteiger partial charge in [-0.05, 0) is 78.5 Å². The number of phenolic OH excluding ortho intramolecular Hbond substituents is 1. The van der Waals surface area contributed by atoms with E-state index in [2.05, 4.69) is 34.8 Å². The maximum Gasteiger partial charge on any atom is 0.246 e. The molecule has 2 aliphatic heterocycles. The number of carbonyl (C=O) groups excluding carboxylic acids is 1. The van der Waals surface area contributed by atoms with Gasteiger partial charge in [0.1, 0.15) is 6.10 Å². The molecule has 0 radical (unpaired) electrons. The average molecular weight is 545 g/mol. The predicted molar refractivity (Wildman–Crippen MR) is 135 cm³/mol. The highest BCUT2D eigenvalue weighted by Crippen LogP contribution is 2.66. The third-order valence-corrected chi connectivity index (χ3v) is 10.6. The minimum Gasteiger partial charge on any atom is -0.504 e. The zero-order chi connectivity index (χ0) is 24.0. The van der Waals surface area contributed by atoms with Gasteiger partial charge in [-0.15, -0.1) is 11.3 Å². The maximum absolute atomic E-state index is 13.3. The molecule has 2 N–H and O–H groups in total. The fraction of sp³-hybridized carbons (Fsp3) is 0.500. The van der Waals surface area contributed by atoms with Gasteiger partial charge in [0, 0.05) is 39.5 Å². The van der Waals surface area contributed by atoms with Gasteiger partial charge < -0.3 is 24.7 Å². The van der Waals surface area contributed by atoms with Crippen LogP contribution in [0.4, 0.5) is 0 Å². The number of hydrogen-bond acceptors (Lipinski definition) is 6. The highest BCUT2D eigenvalue weighted by Gasteiger charge is 2.75. The second kappa shape index (κ2) is 7.56. The van der Waals surface area contributed by atoms with Crippen LogP contribution in [0.2, 0.25) is 0 Å². The number of likely N-dealkylation sites (N-methyl/N-ethyl adjacent to an activating group) is 2. The highest BCUT2D eigenvalue weighted by atomic mass is 79.9. The quantitative estimate of drug-likeness (QED) is 0.575. The number of aromatic hydroxyl groups is 1. The normalized spacial score (nSPS) is 35.8. The molecule has 2 aliphatic carbocycles. The fourth-order valence-corrected chi connectivity index (χ4v) is 8.71. The molecule has 1 aromatic heterocycles. The molecule has 4 aliphatic rings. The largest absolute Gasteiger partial charge is 0.504 e. The molecule has 1 amide bonds. The van der Waals surface area contributed by atoms with Crippen LogP contribution >= 0.6 is 27.3 Å². The standard InChI is InChI=1S/C26H29BrN2O4S/c1-14-10-18(29(3)21(31)7-5-17-12-16(27)13-34-17)24-25-8-9-28(2)20(26(14,25)32)11-15-4-6-19(30)23(33-24)22(15)25/h4-7,12-14,18,20,24,30,32H,8-11H2,1-3H3/b7-5+/t14?,18?,20-,24?,25+,26-/m1/s1. The van der Waals surface area contributed by atoms with Crippen molar-refractivity contribution in [1.82, 2.24) is 9.80 Å². The highest BCUT2D eigenvalue weighted by molar-refractivity contribution is 9.10. The summed E-state index contributed by atoms with van der Waals surface area (Å²) in [5, 5.41) is 25.2. The van der Waals surface area contributed by atoms with Crippen molar-refractivity contribution in [2.75, 3.05) is 20.6 Å². The molecule has 180 valence electrons. The first-order chi connectivity index (χ1) is 16.2. The number of nitrogens with zero attached hydrogens (tertiary/aromatic N) is 2. The van der Waals surface area contributed by atoms with E-state index in [0.717, 1.165) is 39.9 Å². The van der Waals surface area contributed by atoms with Crippen molar-refractivity contribution < 1.29 is 19.7 Å². The van der Waals surface area contributed by atoms with E-state index in [-0.39, 0.29) is 29.7 Å². The molecule has 1 saturated heterocycles. The van der Waals surface area contributed by atoms with Crippen molar-refractivity contribution >= 4 is 39.2 Å². The molecular weight excluding hydrogens is 516 g/mol. The minimum atomic E-state index is -0.990. The lowest BCUT2D eigenvalue weighted by Gasteiger charge is -2.66. The molecule has 6 nitrogen and oxygen atoms in total. The lowest BCUT2D eigenvalue weighted by atomic mass is 9.45. The number of phenols is 1. The van der Waals surface area contributed by atoms with E-state index in [1.54, 1.807) is 28.4 Å². The predicted octanol–water partition coefficient (Wildman–Crippen LogP) is 3.79. The molecule has 6 atom stereocenters. The Balaban J connectivity index is 1.43. The summed E-state index contributed by atoms with van der Waals surface area (Å²) in [5.41, 5.74) is 0.476. The Morgan fingerprint density at radius 3 is 2.94 bits per heavy atom. The van der Waals surface area contributed by atoms with Crippen LogP contribution in [-0.2, 0) is 16.6 Å². The van der Waals surface area contributed by atoms with Gasteiger partial charge in [0.15, 0.2) is 11.5 Å². The Kier molecular flexibility index (Phi) is 5.02.